The average Bonchev–Trinajstić information content (AvgIpc) is 2.81. The van der Waals surface area contributed by atoms with Gasteiger partial charge in [-0.05, 0) is 67.2 Å². The Hall–Kier alpha value is -2.60. The number of aryl methyl sites for hydroxylation is 1. The van der Waals surface area contributed by atoms with Gasteiger partial charge >= 0.3 is 0 Å². The molecule has 2 aliphatic heterocycles. The number of fused-ring (bicyclic) bond motifs is 1. The molecule has 2 aromatic rings. The summed E-state index contributed by atoms with van der Waals surface area (Å²) in [5.41, 5.74) is 8.02. The Labute approximate surface area is 204 Å². The molecule has 0 aliphatic carbocycles. The summed E-state index contributed by atoms with van der Waals surface area (Å²) in [7, 11) is 0. The van der Waals surface area contributed by atoms with E-state index in [1.54, 1.807) is 18.3 Å². The molecule has 3 heterocycles. The van der Waals surface area contributed by atoms with Crippen molar-refractivity contribution in [1.82, 2.24) is 14.8 Å². The second kappa shape index (κ2) is 11.2. The van der Waals surface area contributed by atoms with E-state index in [1.807, 2.05) is 4.90 Å². The van der Waals surface area contributed by atoms with Crippen LogP contribution in [0.15, 0.2) is 42.6 Å². The van der Waals surface area contributed by atoms with Crippen molar-refractivity contribution in [2.45, 2.75) is 52.4 Å². The van der Waals surface area contributed by atoms with Crippen LogP contribution in [0.1, 0.15) is 61.9 Å². The van der Waals surface area contributed by atoms with Gasteiger partial charge in [-0.15, -0.1) is 0 Å². The molecule has 2 N–H and O–H groups in total. The molecule has 4 rings (SSSR count). The highest BCUT2D eigenvalue weighted by Gasteiger charge is 2.37. The number of nitrogen functional groups attached to an aromatic ring is 1. The molecule has 6 heteroatoms. The van der Waals surface area contributed by atoms with Gasteiger partial charge in [0.25, 0.3) is 5.91 Å². The van der Waals surface area contributed by atoms with Gasteiger partial charge in [0, 0.05) is 44.5 Å². The molecule has 0 atom stereocenters. The lowest BCUT2D eigenvalue weighted by molar-refractivity contribution is 0.0355. The number of benzene rings is 1. The first-order valence-corrected chi connectivity index (χ1v) is 12.9. The topological polar surface area (TPSA) is 71.7 Å². The van der Waals surface area contributed by atoms with Gasteiger partial charge in [0.1, 0.15) is 18.2 Å². The molecular weight excluding hydrogens is 424 g/mol. The van der Waals surface area contributed by atoms with E-state index in [-0.39, 0.29) is 11.3 Å². The molecule has 1 amide bonds. The first kappa shape index (κ1) is 24.5. The number of nitrogens with two attached hydrogens (primary N) is 1. The highest BCUT2D eigenvalue weighted by Crippen LogP contribution is 2.39. The molecular formula is C28H40N4O2. The maximum absolute atomic E-state index is 13.1. The van der Waals surface area contributed by atoms with Gasteiger partial charge in [0.2, 0.25) is 0 Å². The minimum Gasteiger partial charge on any atom is -0.492 e. The molecule has 1 spiro atoms. The van der Waals surface area contributed by atoms with E-state index in [0.29, 0.717) is 23.9 Å². The SMILES string of the molecule is CC(C)CN1CCOc2ccccc2CCCCC2(CCN(C(=O)c3ccnc(N)c3)CC2)C1. The lowest BCUT2D eigenvalue weighted by Crippen LogP contribution is -2.49. The normalized spacial score (nSPS) is 19.7. The van der Waals surface area contributed by atoms with Gasteiger partial charge in [-0.3, -0.25) is 9.69 Å². The highest BCUT2D eigenvalue weighted by atomic mass is 16.5. The molecule has 1 aromatic heterocycles. The molecule has 2 aliphatic rings. The summed E-state index contributed by atoms with van der Waals surface area (Å²) in [6.45, 7) is 10.0. The van der Waals surface area contributed by atoms with Gasteiger partial charge in [-0.2, -0.15) is 0 Å². The molecule has 0 unspecified atom stereocenters. The largest absolute Gasteiger partial charge is 0.492 e. The number of hydrogen-bond acceptors (Lipinski definition) is 5. The molecule has 6 nitrogen and oxygen atoms in total. The van der Waals surface area contributed by atoms with Crippen molar-refractivity contribution >= 4 is 11.7 Å². The number of ether oxygens (including phenoxy) is 1. The first-order chi connectivity index (χ1) is 16.4. The summed E-state index contributed by atoms with van der Waals surface area (Å²) in [5, 5.41) is 0. The van der Waals surface area contributed by atoms with Crippen LogP contribution in [-0.2, 0) is 6.42 Å². The zero-order valence-electron chi connectivity index (χ0n) is 20.8. The first-order valence-electron chi connectivity index (χ1n) is 12.9. The Balaban J connectivity index is 1.46. The summed E-state index contributed by atoms with van der Waals surface area (Å²) < 4.78 is 6.25. The second-order valence-corrected chi connectivity index (χ2v) is 10.6. The minimum absolute atomic E-state index is 0.0705. The summed E-state index contributed by atoms with van der Waals surface area (Å²) in [6, 6.07) is 12.0. The van der Waals surface area contributed by atoms with Crippen molar-refractivity contribution < 1.29 is 9.53 Å². The fourth-order valence-corrected chi connectivity index (χ4v) is 5.61. The van der Waals surface area contributed by atoms with Crippen LogP contribution >= 0.6 is 0 Å². The van der Waals surface area contributed by atoms with Gasteiger partial charge in [0.05, 0.1) is 0 Å². The summed E-state index contributed by atoms with van der Waals surface area (Å²) in [5.74, 6) is 2.12. The minimum atomic E-state index is 0.0705. The Bertz CT molecular complexity index is 953. The second-order valence-electron chi connectivity index (χ2n) is 10.6. The lowest BCUT2D eigenvalue weighted by Gasteiger charge is -2.45. The maximum atomic E-state index is 13.1. The van der Waals surface area contributed by atoms with Crippen molar-refractivity contribution in [3.63, 3.8) is 0 Å². The monoisotopic (exact) mass is 464 g/mol. The smallest absolute Gasteiger partial charge is 0.254 e. The number of hydrogen-bond donors (Lipinski definition) is 1. The number of nitrogens with zero attached hydrogens (tertiary/aromatic N) is 3. The Kier molecular flexibility index (Phi) is 8.09. The van der Waals surface area contributed by atoms with Gasteiger partial charge in [0.15, 0.2) is 0 Å². The molecule has 1 fully saturated rings. The predicted octanol–water partition coefficient (Wildman–Crippen LogP) is 4.65. The van der Waals surface area contributed by atoms with Crippen LogP contribution in [0.2, 0.25) is 0 Å². The van der Waals surface area contributed by atoms with Crippen LogP contribution < -0.4 is 10.5 Å². The molecule has 1 aromatic carbocycles. The number of likely N-dealkylation sites (tertiary alicyclic amines) is 1. The number of carbonyl (C=O) groups is 1. The van der Waals surface area contributed by atoms with Gasteiger partial charge < -0.3 is 15.4 Å². The number of para-hydroxylation sites is 1. The standard InChI is InChI=1S/C28H40N4O2/c1-22(2)20-31-17-18-34-25-9-4-3-7-23(25)8-5-6-11-28(21-31)12-15-32(16-13-28)27(33)24-10-14-30-26(29)19-24/h3-4,7,9-10,14,19,22H,5-6,8,11-13,15-18,20-21H2,1-2H3,(H2,29,30). The Morgan fingerprint density at radius 2 is 1.91 bits per heavy atom. The predicted molar refractivity (Wildman–Crippen MR) is 137 cm³/mol. The molecule has 0 bridgehead atoms. The van der Waals surface area contributed by atoms with Crippen LogP contribution in [-0.4, -0.2) is 60.0 Å². The molecule has 1 saturated heterocycles. The summed E-state index contributed by atoms with van der Waals surface area (Å²) >= 11 is 0. The summed E-state index contributed by atoms with van der Waals surface area (Å²) in [6.07, 6.45) is 8.37. The number of piperidine rings is 1. The van der Waals surface area contributed by atoms with E-state index >= 15 is 0 Å². The number of aromatic nitrogens is 1. The lowest BCUT2D eigenvalue weighted by atomic mass is 9.73. The number of anilines is 1. The van der Waals surface area contributed by atoms with Crippen LogP contribution in [0, 0.1) is 11.3 Å². The third-order valence-electron chi connectivity index (χ3n) is 7.36. The molecule has 0 radical (unpaired) electrons. The van der Waals surface area contributed by atoms with E-state index in [2.05, 4.69) is 48.0 Å². The number of pyridine rings is 1. The van der Waals surface area contributed by atoms with E-state index in [0.717, 1.165) is 57.7 Å². The average molecular weight is 465 g/mol. The Morgan fingerprint density at radius 1 is 1.12 bits per heavy atom. The number of rotatable bonds is 3. The zero-order chi connectivity index (χ0) is 24.0. The van der Waals surface area contributed by atoms with Crippen molar-refractivity contribution in [1.29, 1.82) is 0 Å². The maximum Gasteiger partial charge on any atom is 0.254 e. The molecule has 0 saturated carbocycles. The van der Waals surface area contributed by atoms with Crippen LogP contribution in [0.4, 0.5) is 5.82 Å². The highest BCUT2D eigenvalue weighted by molar-refractivity contribution is 5.94. The van der Waals surface area contributed by atoms with Crippen LogP contribution in [0.25, 0.3) is 0 Å². The number of carbonyl (C=O) groups excluding carboxylic acids is 1. The van der Waals surface area contributed by atoms with Crippen molar-refractivity contribution in [2.24, 2.45) is 11.3 Å². The van der Waals surface area contributed by atoms with E-state index in [4.69, 9.17) is 10.5 Å². The van der Waals surface area contributed by atoms with Gasteiger partial charge in [-0.25, -0.2) is 4.98 Å². The van der Waals surface area contributed by atoms with Crippen LogP contribution in [0.5, 0.6) is 5.75 Å². The third-order valence-corrected chi connectivity index (χ3v) is 7.36. The molecule has 34 heavy (non-hydrogen) atoms. The zero-order valence-corrected chi connectivity index (χ0v) is 20.8. The third kappa shape index (κ3) is 6.29. The van der Waals surface area contributed by atoms with Crippen molar-refractivity contribution in [3.05, 3.63) is 53.7 Å². The van der Waals surface area contributed by atoms with E-state index in [9.17, 15) is 4.79 Å². The quantitative estimate of drug-likeness (QED) is 0.716. The number of amides is 1. The van der Waals surface area contributed by atoms with Crippen molar-refractivity contribution in [2.75, 3.05) is 45.1 Å². The van der Waals surface area contributed by atoms with E-state index < -0.39 is 0 Å². The summed E-state index contributed by atoms with van der Waals surface area (Å²) in [4.78, 5) is 21.7. The molecule has 184 valence electrons. The van der Waals surface area contributed by atoms with Gasteiger partial charge in [-0.1, -0.05) is 38.5 Å². The Morgan fingerprint density at radius 3 is 2.68 bits per heavy atom. The fourth-order valence-electron chi connectivity index (χ4n) is 5.61. The fraction of sp³-hybridized carbons (Fsp3) is 0.571. The van der Waals surface area contributed by atoms with E-state index in [1.165, 1.54) is 24.8 Å². The van der Waals surface area contributed by atoms with Crippen LogP contribution in [0.3, 0.4) is 0 Å². The van der Waals surface area contributed by atoms with Crippen molar-refractivity contribution in [3.8, 4) is 5.75 Å².